The van der Waals surface area contributed by atoms with Gasteiger partial charge in [-0.3, -0.25) is 4.79 Å². The summed E-state index contributed by atoms with van der Waals surface area (Å²) < 4.78 is 5.19. The summed E-state index contributed by atoms with van der Waals surface area (Å²) in [4.78, 5) is 26.9. The lowest BCUT2D eigenvalue weighted by Crippen LogP contribution is -2.48. The summed E-state index contributed by atoms with van der Waals surface area (Å²) in [5, 5.41) is 12.3. The zero-order chi connectivity index (χ0) is 22.5. The first-order valence-electron chi connectivity index (χ1n) is 11.0. The van der Waals surface area contributed by atoms with Gasteiger partial charge in [0.2, 0.25) is 0 Å². The number of hydrogen-bond donors (Lipinski definition) is 2. The fraction of sp³-hybridized carbons (Fsp3) is 0.360. The van der Waals surface area contributed by atoms with Crippen LogP contribution in [0.3, 0.4) is 0 Å². The highest BCUT2D eigenvalue weighted by atomic mass is 32.2. The van der Waals surface area contributed by atoms with Crippen molar-refractivity contribution in [2.24, 2.45) is 5.92 Å². The van der Waals surface area contributed by atoms with Crippen molar-refractivity contribution < 1.29 is 19.4 Å². The van der Waals surface area contributed by atoms with E-state index in [-0.39, 0.29) is 24.1 Å². The minimum Gasteiger partial charge on any atom is -0.482 e. The Bertz CT molecular complexity index is 977. The topological polar surface area (TPSA) is 78.9 Å². The number of nitrogens with zero attached hydrogens (tertiary/aromatic N) is 1. The van der Waals surface area contributed by atoms with Crippen LogP contribution in [0.25, 0.3) is 6.08 Å². The van der Waals surface area contributed by atoms with Crippen molar-refractivity contribution in [2.75, 3.05) is 11.9 Å². The number of nitrogens with one attached hydrogen (secondary N) is 1. The number of benzene rings is 2. The number of thioether (sulfide) groups is 1. The largest absolute Gasteiger partial charge is 0.482 e. The zero-order valence-electron chi connectivity index (χ0n) is 18.1. The second-order valence-electron chi connectivity index (χ2n) is 8.28. The van der Waals surface area contributed by atoms with Gasteiger partial charge in [-0.2, -0.15) is 0 Å². The Kier molecular flexibility index (Phi) is 7.05. The number of carboxylic acids is 1. The van der Waals surface area contributed by atoms with Crippen molar-refractivity contribution >= 4 is 35.4 Å². The number of anilines is 1. The highest BCUT2D eigenvalue weighted by Gasteiger charge is 2.42. The molecule has 1 amide bonds. The summed E-state index contributed by atoms with van der Waals surface area (Å²) in [5.74, 6) is 0.00569. The molecule has 1 aliphatic heterocycles. The summed E-state index contributed by atoms with van der Waals surface area (Å²) >= 11 is 1.55. The van der Waals surface area contributed by atoms with Crippen LogP contribution >= 0.6 is 11.8 Å². The first kappa shape index (κ1) is 22.3. The number of carbonyl (C=O) groups excluding carboxylic acids is 1. The Morgan fingerprint density at radius 2 is 1.88 bits per heavy atom. The van der Waals surface area contributed by atoms with Gasteiger partial charge in [0.25, 0.3) is 5.91 Å². The Morgan fingerprint density at radius 3 is 2.56 bits per heavy atom. The molecule has 4 rings (SSSR count). The third kappa shape index (κ3) is 5.27. The van der Waals surface area contributed by atoms with Gasteiger partial charge >= 0.3 is 5.97 Å². The molecule has 1 unspecified atom stereocenters. The van der Waals surface area contributed by atoms with Gasteiger partial charge in [-0.25, -0.2) is 4.79 Å². The average molecular weight is 453 g/mol. The van der Waals surface area contributed by atoms with Crippen molar-refractivity contribution in [1.82, 2.24) is 4.90 Å². The third-order valence-electron chi connectivity index (χ3n) is 5.96. The molecule has 1 saturated heterocycles. The molecule has 2 N–H and O–H groups in total. The van der Waals surface area contributed by atoms with E-state index in [0.717, 1.165) is 30.5 Å². The lowest BCUT2D eigenvalue weighted by Gasteiger charge is -2.39. The van der Waals surface area contributed by atoms with Gasteiger partial charge in [0, 0.05) is 11.7 Å². The van der Waals surface area contributed by atoms with Crippen LogP contribution in [0.4, 0.5) is 5.69 Å². The lowest BCUT2D eigenvalue weighted by molar-refractivity contribution is -0.139. The Labute approximate surface area is 192 Å². The van der Waals surface area contributed by atoms with E-state index in [0.29, 0.717) is 16.6 Å². The Balaban J connectivity index is 1.56. The molecule has 2 aromatic carbocycles. The number of para-hydroxylation sites is 1. The normalized spacial score (nSPS) is 24.5. The average Bonchev–Trinajstić information content (AvgIpc) is 3.08. The number of carboxylic acid groups (broad SMARTS) is 1. The minimum atomic E-state index is -1.02. The van der Waals surface area contributed by atoms with Crippen molar-refractivity contribution in [3.63, 3.8) is 0 Å². The number of amides is 1. The van der Waals surface area contributed by atoms with Gasteiger partial charge in [-0.05, 0) is 54.7 Å². The smallest absolute Gasteiger partial charge is 0.341 e. The molecule has 1 saturated carbocycles. The molecule has 0 aromatic heterocycles. The van der Waals surface area contributed by atoms with Crippen LogP contribution in [0.5, 0.6) is 5.75 Å². The van der Waals surface area contributed by atoms with Gasteiger partial charge in [0.15, 0.2) is 12.1 Å². The molecule has 2 aromatic rings. The summed E-state index contributed by atoms with van der Waals surface area (Å²) in [5.41, 5.74) is 1.72. The van der Waals surface area contributed by atoms with Crippen molar-refractivity contribution in [3.8, 4) is 5.75 Å². The zero-order valence-corrected chi connectivity index (χ0v) is 18.9. The van der Waals surface area contributed by atoms with Crippen molar-refractivity contribution in [1.29, 1.82) is 0 Å². The molecular formula is C25H28N2O4S. The summed E-state index contributed by atoms with van der Waals surface area (Å²) in [6.45, 7) is 1.87. The van der Waals surface area contributed by atoms with Crippen LogP contribution in [0.2, 0.25) is 0 Å². The van der Waals surface area contributed by atoms with Crippen LogP contribution in [-0.4, -0.2) is 40.0 Å². The third-order valence-corrected chi connectivity index (χ3v) is 7.08. The van der Waals surface area contributed by atoms with Gasteiger partial charge in [-0.15, -0.1) is 0 Å². The number of hydrogen-bond acceptors (Lipinski definition) is 5. The maximum absolute atomic E-state index is 13.5. The van der Waals surface area contributed by atoms with Crippen LogP contribution < -0.4 is 10.1 Å². The number of carbonyl (C=O) groups is 2. The molecule has 0 spiro atoms. The molecule has 168 valence electrons. The van der Waals surface area contributed by atoms with Gasteiger partial charge in [0.1, 0.15) is 5.75 Å². The highest BCUT2D eigenvalue weighted by Crippen LogP contribution is 2.42. The molecule has 0 bridgehead atoms. The maximum Gasteiger partial charge on any atom is 0.341 e. The molecule has 32 heavy (non-hydrogen) atoms. The number of rotatable bonds is 7. The molecule has 0 radical (unpaired) electrons. The van der Waals surface area contributed by atoms with Crippen molar-refractivity contribution in [2.45, 2.75) is 44.1 Å². The van der Waals surface area contributed by atoms with E-state index in [2.05, 4.69) is 12.2 Å². The molecule has 7 heteroatoms. The summed E-state index contributed by atoms with van der Waals surface area (Å²) in [7, 11) is 0. The first-order chi connectivity index (χ1) is 15.5. The predicted molar refractivity (Wildman–Crippen MR) is 127 cm³/mol. The highest BCUT2D eigenvalue weighted by molar-refractivity contribution is 8.05. The van der Waals surface area contributed by atoms with Crippen LogP contribution in [0.1, 0.15) is 38.2 Å². The van der Waals surface area contributed by atoms with Gasteiger partial charge in [0.05, 0.1) is 4.91 Å². The first-order valence-corrected chi connectivity index (χ1v) is 11.9. The van der Waals surface area contributed by atoms with E-state index in [1.165, 1.54) is 6.42 Å². The van der Waals surface area contributed by atoms with E-state index < -0.39 is 5.97 Å². The van der Waals surface area contributed by atoms with E-state index in [4.69, 9.17) is 9.84 Å². The molecular weight excluding hydrogens is 424 g/mol. The fourth-order valence-corrected chi connectivity index (χ4v) is 5.54. The Hall–Kier alpha value is -2.93. The van der Waals surface area contributed by atoms with E-state index in [9.17, 15) is 9.59 Å². The van der Waals surface area contributed by atoms with E-state index in [1.807, 2.05) is 53.4 Å². The molecule has 2 fully saturated rings. The SMILES string of the molecule is C[C@H]1CCCC[C@H]1N1C(=O)/C(=C/c2ccc(OCC(=O)O)cc2)SC1Nc1ccccc1. The fourth-order valence-electron chi connectivity index (χ4n) is 4.32. The van der Waals surface area contributed by atoms with Crippen LogP contribution in [0, 0.1) is 5.92 Å². The van der Waals surface area contributed by atoms with Crippen molar-refractivity contribution in [3.05, 3.63) is 65.1 Å². The van der Waals surface area contributed by atoms with Crippen LogP contribution in [0.15, 0.2) is 59.5 Å². The minimum absolute atomic E-state index is 0.0633. The van der Waals surface area contributed by atoms with Gasteiger partial charge < -0.3 is 20.1 Å². The summed E-state index contributed by atoms with van der Waals surface area (Å²) in [6, 6.07) is 17.3. The maximum atomic E-state index is 13.5. The van der Waals surface area contributed by atoms with Crippen LogP contribution in [-0.2, 0) is 9.59 Å². The quantitative estimate of drug-likeness (QED) is 0.573. The molecule has 1 heterocycles. The van der Waals surface area contributed by atoms with E-state index in [1.54, 1.807) is 23.9 Å². The molecule has 2 aliphatic rings. The molecule has 6 nitrogen and oxygen atoms in total. The molecule has 3 atom stereocenters. The van der Waals surface area contributed by atoms with E-state index >= 15 is 0 Å². The lowest BCUT2D eigenvalue weighted by atomic mass is 9.85. The standard InChI is InChI=1S/C25H28N2O4S/c1-17-7-5-6-10-21(17)27-24(30)22(32-25(27)26-19-8-3-2-4-9-19)15-18-11-13-20(14-12-18)31-16-23(28)29/h2-4,8-9,11-15,17,21,25-26H,5-7,10,16H2,1H3,(H,28,29)/b22-15-/t17-,21+,25?/m0/s1. The summed E-state index contributed by atoms with van der Waals surface area (Å²) in [6.07, 6.45) is 6.46. The number of aliphatic carboxylic acids is 1. The monoisotopic (exact) mass is 452 g/mol. The number of ether oxygens (including phenoxy) is 1. The van der Waals surface area contributed by atoms with Gasteiger partial charge in [-0.1, -0.05) is 61.9 Å². The predicted octanol–water partition coefficient (Wildman–Crippen LogP) is 5.04. The second kappa shape index (κ2) is 10.1. The second-order valence-corrected chi connectivity index (χ2v) is 9.40. The Morgan fingerprint density at radius 1 is 1.16 bits per heavy atom. The molecule has 1 aliphatic carbocycles.